The SMILES string of the molecule is O=C(Nc1cc(Oc2ccc3c(ccn3C(=O)NC3CC3)c2)ccn1)N[C@H](CO)C(=O)N1CCCCC1. The summed E-state index contributed by atoms with van der Waals surface area (Å²) >= 11 is 0. The number of benzene rings is 1. The highest BCUT2D eigenvalue weighted by Gasteiger charge is 2.27. The Kier molecular flexibility index (Phi) is 7.22. The zero-order chi connectivity index (χ0) is 25.8. The maximum Gasteiger partial charge on any atom is 0.326 e. The number of likely N-dealkylation sites (tertiary alicyclic amines) is 1. The van der Waals surface area contributed by atoms with Gasteiger partial charge in [-0.2, -0.15) is 0 Å². The minimum atomic E-state index is -1.03. The fraction of sp³-hybridized carbons (Fsp3) is 0.385. The summed E-state index contributed by atoms with van der Waals surface area (Å²) in [5.74, 6) is 0.929. The molecule has 2 fully saturated rings. The number of hydrogen-bond donors (Lipinski definition) is 4. The standard InChI is InChI=1S/C26H30N6O5/c33-16-21(24(34)31-11-2-1-3-12-31)29-25(35)30-23-15-20(8-10-27-23)37-19-6-7-22-17(14-19)9-13-32(22)26(36)28-18-4-5-18/h6-10,13-15,18,21,33H,1-5,11-12,16H2,(H,28,36)(H2,27,29,30,35)/t21-/m1/s1. The van der Waals surface area contributed by atoms with Gasteiger partial charge in [0.1, 0.15) is 23.4 Å². The van der Waals surface area contributed by atoms with E-state index in [0.29, 0.717) is 24.6 Å². The first-order valence-electron chi connectivity index (χ1n) is 12.5. The number of nitrogens with zero attached hydrogens (tertiary/aromatic N) is 3. The van der Waals surface area contributed by atoms with Crippen molar-refractivity contribution < 1.29 is 24.2 Å². The molecule has 4 N–H and O–H groups in total. The van der Waals surface area contributed by atoms with E-state index in [-0.39, 0.29) is 23.8 Å². The molecule has 1 aliphatic carbocycles. The Morgan fingerprint density at radius 1 is 1.05 bits per heavy atom. The summed E-state index contributed by atoms with van der Waals surface area (Å²) in [5.41, 5.74) is 0.775. The average Bonchev–Trinajstić information content (AvgIpc) is 3.62. The van der Waals surface area contributed by atoms with Crippen molar-refractivity contribution in [1.82, 2.24) is 25.1 Å². The number of anilines is 1. The van der Waals surface area contributed by atoms with Gasteiger partial charge in [-0.15, -0.1) is 0 Å². The quantitative estimate of drug-likeness (QED) is 0.389. The molecular formula is C26H30N6O5. The lowest BCUT2D eigenvalue weighted by atomic mass is 10.1. The molecule has 0 spiro atoms. The third kappa shape index (κ3) is 6.00. The zero-order valence-corrected chi connectivity index (χ0v) is 20.4. The number of aliphatic hydroxyl groups excluding tert-OH is 1. The van der Waals surface area contributed by atoms with Crippen LogP contribution >= 0.6 is 0 Å². The minimum Gasteiger partial charge on any atom is -0.457 e. The van der Waals surface area contributed by atoms with Crippen LogP contribution in [0.2, 0.25) is 0 Å². The Morgan fingerprint density at radius 3 is 2.59 bits per heavy atom. The van der Waals surface area contributed by atoms with Crippen LogP contribution in [0.5, 0.6) is 11.5 Å². The van der Waals surface area contributed by atoms with E-state index in [1.165, 1.54) is 6.20 Å². The smallest absolute Gasteiger partial charge is 0.326 e. The highest BCUT2D eigenvalue weighted by molar-refractivity contribution is 5.94. The molecule has 3 heterocycles. The molecule has 1 saturated carbocycles. The van der Waals surface area contributed by atoms with E-state index in [2.05, 4.69) is 20.9 Å². The maximum atomic E-state index is 12.6. The molecule has 11 heteroatoms. The maximum absolute atomic E-state index is 12.6. The summed E-state index contributed by atoms with van der Waals surface area (Å²) in [5, 5.41) is 18.6. The van der Waals surface area contributed by atoms with Crippen molar-refractivity contribution in [2.45, 2.75) is 44.2 Å². The van der Waals surface area contributed by atoms with E-state index in [0.717, 1.165) is 43.0 Å². The van der Waals surface area contributed by atoms with Gasteiger partial charge >= 0.3 is 12.1 Å². The Bertz CT molecular complexity index is 1300. The first-order valence-corrected chi connectivity index (χ1v) is 12.5. The first kappa shape index (κ1) is 24.6. The highest BCUT2D eigenvalue weighted by Crippen LogP contribution is 2.28. The van der Waals surface area contributed by atoms with Crippen molar-refractivity contribution in [3.05, 3.63) is 48.8 Å². The number of fused-ring (bicyclic) bond motifs is 1. The van der Waals surface area contributed by atoms with E-state index >= 15 is 0 Å². The van der Waals surface area contributed by atoms with Gasteiger partial charge in [-0.3, -0.25) is 14.7 Å². The van der Waals surface area contributed by atoms with Crippen LogP contribution < -0.4 is 20.7 Å². The largest absolute Gasteiger partial charge is 0.457 e. The lowest BCUT2D eigenvalue weighted by Gasteiger charge is -2.30. The molecule has 11 nitrogen and oxygen atoms in total. The number of aliphatic hydroxyl groups is 1. The lowest BCUT2D eigenvalue weighted by molar-refractivity contribution is -0.135. The molecular weight excluding hydrogens is 476 g/mol. The topological polar surface area (TPSA) is 138 Å². The van der Waals surface area contributed by atoms with Gasteiger partial charge in [0, 0.05) is 43.0 Å². The van der Waals surface area contributed by atoms with Crippen LogP contribution in [0.3, 0.4) is 0 Å². The minimum absolute atomic E-state index is 0.143. The normalized spacial score (nSPS) is 16.2. The van der Waals surface area contributed by atoms with Gasteiger partial charge in [0.2, 0.25) is 5.91 Å². The third-order valence-corrected chi connectivity index (χ3v) is 6.45. The van der Waals surface area contributed by atoms with Gasteiger partial charge in [-0.25, -0.2) is 14.6 Å². The molecule has 5 rings (SSSR count). The molecule has 1 atom stereocenters. The van der Waals surface area contributed by atoms with E-state index < -0.39 is 18.7 Å². The number of piperidine rings is 1. The van der Waals surface area contributed by atoms with Crippen molar-refractivity contribution in [2.24, 2.45) is 0 Å². The van der Waals surface area contributed by atoms with E-state index in [4.69, 9.17) is 4.74 Å². The number of nitrogens with one attached hydrogen (secondary N) is 3. The molecule has 1 saturated heterocycles. The molecule has 3 aromatic rings. The Hall–Kier alpha value is -4.12. The van der Waals surface area contributed by atoms with Gasteiger partial charge in [0.05, 0.1) is 12.1 Å². The van der Waals surface area contributed by atoms with E-state index in [9.17, 15) is 19.5 Å². The molecule has 0 radical (unpaired) electrons. The van der Waals surface area contributed by atoms with Crippen LogP contribution in [0, 0.1) is 0 Å². The lowest BCUT2D eigenvalue weighted by Crippen LogP contribution is -2.52. The third-order valence-electron chi connectivity index (χ3n) is 6.45. The highest BCUT2D eigenvalue weighted by atomic mass is 16.5. The van der Waals surface area contributed by atoms with Crippen molar-refractivity contribution in [3.63, 3.8) is 0 Å². The van der Waals surface area contributed by atoms with Gasteiger partial charge in [0.25, 0.3) is 0 Å². The molecule has 2 aromatic heterocycles. The second kappa shape index (κ2) is 10.9. The predicted molar refractivity (Wildman–Crippen MR) is 137 cm³/mol. The van der Waals surface area contributed by atoms with E-state index in [1.54, 1.807) is 33.9 Å². The fourth-order valence-corrected chi connectivity index (χ4v) is 4.34. The summed E-state index contributed by atoms with van der Waals surface area (Å²) in [6.45, 7) is 0.763. The number of aromatic nitrogens is 2. The van der Waals surface area contributed by atoms with Crippen molar-refractivity contribution >= 4 is 34.7 Å². The summed E-state index contributed by atoms with van der Waals surface area (Å²) in [4.78, 5) is 43.3. The molecule has 0 unspecified atom stereocenters. The van der Waals surface area contributed by atoms with Gasteiger partial charge in [-0.1, -0.05) is 0 Å². The Morgan fingerprint density at radius 2 is 1.84 bits per heavy atom. The number of ether oxygens (including phenoxy) is 1. The van der Waals surface area contributed by atoms with Crippen LogP contribution in [0.1, 0.15) is 32.1 Å². The summed E-state index contributed by atoms with van der Waals surface area (Å²) < 4.78 is 7.53. The Balaban J connectivity index is 1.20. The number of urea groups is 1. The van der Waals surface area contributed by atoms with Gasteiger partial charge < -0.3 is 25.4 Å². The van der Waals surface area contributed by atoms with Gasteiger partial charge in [0.15, 0.2) is 0 Å². The second-order valence-corrected chi connectivity index (χ2v) is 9.33. The second-order valence-electron chi connectivity index (χ2n) is 9.33. The summed E-state index contributed by atoms with van der Waals surface area (Å²) in [6.07, 6.45) is 8.17. The molecule has 1 aliphatic heterocycles. The van der Waals surface area contributed by atoms with Crippen LogP contribution in [0.4, 0.5) is 15.4 Å². The van der Waals surface area contributed by atoms with Crippen LogP contribution in [-0.2, 0) is 4.79 Å². The number of carbonyl (C=O) groups is 3. The van der Waals surface area contributed by atoms with Crippen LogP contribution in [0.15, 0.2) is 48.8 Å². The number of pyridine rings is 1. The van der Waals surface area contributed by atoms with Crippen molar-refractivity contribution in [2.75, 3.05) is 25.0 Å². The summed E-state index contributed by atoms with van der Waals surface area (Å²) in [7, 11) is 0. The molecule has 1 aromatic carbocycles. The molecule has 37 heavy (non-hydrogen) atoms. The van der Waals surface area contributed by atoms with Crippen molar-refractivity contribution in [1.29, 1.82) is 0 Å². The zero-order valence-electron chi connectivity index (χ0n) is 20.4. The van der Waals surface area contributed by atoms with Crippen LogP contribution in [0.25, 0.3) is 10.9 Å². The molecule has 194 valence electrons. The molecule has 4 amide bonds. The van der Waals surface area contributed by atoms with Crippen molar-refractivity contribution in [3.8, 4) is 11.5 Å². The Labute approximate surface area is 213 Å². The number of carbonyl (C=O) groups excluding carboxylic acids is 3. The predicted octanol–water partition coefficient (Wildman–Crippen LogP) is 3.04. The fourth-order valence-electron chi connectivity index (χ4n) is 4.34. The number of hydrogen-bond acceptors (Lipinski definition) is 6. The number of amides is 4. The molecule has 2 aliphatic rings. The monoisotopic (exact) mass is 506 g/mol. The summed E-state index contributed by atoms with van der Waals surface area (Å²) in [6, 6.07) is 8.92. The molecule has 0 bridgehead atoms. The number of rotatable bonds is 7. The van der Waals surface area contributed by atoms with E-state index in [1.807, 2.05) is 18.2 Å². The van der Waals surface area contributed by atoms with Crippen LogP contribution in [-0.4, -0.2) is 69.3 Å². The first-order chi connectivity index (χ1) is 18.0. The van der Waals surface area contributed by atoms with Gasteiger partial charge in [-0.05, 0) is 62.4 Å². The average molecular weight is 507 g/mol.